The fourth-order valence-corrected chi connectivity index (χ4v) is 3.83. The van der Waals surface area contributed by atoms with Crippen molar-refractivity contribution in [3.05, 3.63) is 48.3 Å². The van der Waals surface area contributed by atoms with Gasteiger partial charge in [-0.15, -0.1) is 10.2 Å². The lowest BCUT2D eigenvalue weighted by Crippen LogP contribution is -2.05. The van der Waals surface area contributed by atoms with Crippen LogP contribution in [0, 0.1) is 11.3 Å². The van der Waals surface area contributed by atoms with Crippen molar-refractivity contribution < 1.29 is 0 Å². The highest BCUT2D eigenvalue weighted by Gasteiger charge is 2.30. The van der Waals surface area contributed by atoms with Crippen LogP contribution in [0.4, 0.5) is 0 Å². The second kappa shape index (κ2) is 4.93. The molecule has 0 aliphatic heterocycles. The summed E-state index contributed by atoms with van der Waals surface area (Å²) in [7, 11) is 0. The molecule has 1 unspecified atom stereocenters. The van der Waals surface area contributed by atoms with E-state index in [-0.39, 0.29) is 0 Å². The zero-order valence-electron chi connectivity index (χ0n) is 12.9. The number of H-pyrrole nitrogens is 1. The maximum absolute atomic E-state index is 9.00. The Morgan fingerprint density at radius 2 is 2.21 bits per heavy atom. The highest BCUT2D eigenvalue weighted by Crippen LogP contribution is 2.40. The number of aromatic nitrogens is 6. The van der Waals surface area contributed by atoms with Crippen molar-refractivity contribution in [3.63, 3.8) is 0 Å². The number of hydrogen-bond donors (Lipinski definition) is 1. The molecule has 1 fully saturated rings. The van der Waals surface area contributed by atoms with Crippen LogP contribution >= 0.6 is 0 Å². The Labute approximate surface area is 137 Å². The predicted octanol–water partition coefficient (Wildman–Crippen LogP) is 2.79. The quantitative estimate of drug-likeness (QED) is 0.616. The Kier molecular flexibility index (Phi) is 2.73. The number of nitrogens with one attached hydrogen (secondary N) is 1. The molecule has 24 heavy (non-hydrogen) atoms. The summed E-state index contributed by atoms with van der Waals surface area (Å²) in [6, 6.07) is 6.49. The minimum absolute atomic E-state index is 0.360. The van der Waals surface area contributed by atoms with Gasteiger partial charge in [0.2, 0.25) is 0 Å². The standard InChI is InChI=1S/C17H15N7/c18-8-11-4-6-23(10-11)13-2-1-12(7-13)17-22-21-15-9-20-16-14(24(15)17)3-5-19-16/h3-6,9-10,12-13,19H,1-2,7H2/t12?,13-/m0/s1. The van der Waals surface area contributed by atoms with Crippen LogP contribution in [0.1, 0.15) is 42.6 Å². The lowest BCUT2D eigenvalue weighted by molar-refractivity contribution is 0.508. The van der Waals surface area contributed by atoms with E-state index < -0.39 is 0 Å². The SMILES string of the molecule is N#Cc1ccn([C@H]2CCC(c3nnc4cnc5[nH]ccc5n34)C2)c1. The summed E-state index contributed by atoms with van der Waals surface area (Å²) < 4.78 is 4.28. The van der Waals surface area contributed by atoms with Crippen LogP contribution in [-0.4, -0.2) is 29.1 Å². The number of rotatable bonds is 2. The van der Waals surface area contributed by atoms with Crippen LogP contribution in [0.5, 0.6) is 0 Å². The van der Waals surface area contributed by atoms with Gasteiger partial charge in [0.25, 0.3) is 0 Å². The molecule has 0 aromatic carbocycles. The van der Waals surface area contributed by atoms with Crippen molar-refractivity contribution in [1.82, 2.24) is 29.1 Å². The van der Waals surface area contributed by atoms with Crippen molar-refractivity contribution in [2.24, 2.45) is 0 Å². The molecule has 118 valence electrons. The van der Waals surface area contributed by atoms with Gasteiger partial charge < -0.3 is 9.55 Å². The van der Waals surface area contributed by atoms with Crippen molar-refractivity contribution >= 4 is 16.8 Å². The van der Waals surface area contributed by atoms with Crippen LogP contribution in [0.15, 0.2) is 36.9 Å². The molecule has 7 heteroatoms. The molecule has 1 N–H and O–H groups in total. The lowest BCUT2D eigenvalue weighted by atomic mass is 10.1. The van der Waals surface area contributed by atoms with Gasteiger partial charge in [-0.2, -0.15) is 5.26 Å². The van der Waals surface area contributed by atoms with Crippen molar-refractivity contribution in [3.8, 4) is 6.07 Å². The van der Waals surface area contributed by atoms with Gasteiger partial charge in [-0.05, 0) is 31.4 Å². The fraction of sp³-hybridized carbons (Fsp3) is 0.294. The van der Waals surface area contributed by atoms with Gasteiger partial charge in [0, 0.05) is 30.6 Å². The largest absolute Gasteiger partial charge is 0.350 e. The third-order valence-corrected chi connectivity index (χ3v) is 5.00. The van der Waals surface area contributed by atoms with E-state index in [1.54, 1.807) is 6.20 Å². The van der Waals surface area contributed by atoms with E-state index in [1.165, 1.54) is 0 Å². The highest BCUT2D eigenvalue weighted by molar-refractivity contribution is 5.74. The molecule has 0 bridgehead atoms. The zero-order chi connectivity index (χ0) is 16.1. The summed E-state index contributed by atoms with van der Waals surface area (Å²) in [6.45, 7) is 0. The molecule has 1 saturated carbocycles. The summed E-state index contributed by atoms with van der Waals surface area (Å²) >= 11 is 0. The molecule has 1 aliphatic carbocycles. The minimum atomic E-state index is 0.360. The smallest absolute Gasteiger partial charge is 0.179 e. The van der Waals surface area contributed by atoms with E-state index in [2.05, 4.69) is 35.2 Å². The molecule has 0 amide bonds. The Morgan fingerprint density at radius 1 is 1.25 bits per heavy atom. The average Bonchev–Trinajstić information content (AvgIpc) is 3.38. The van der Waals surface area contributed by atoms with Crippen LogP contribution < -0.4 is 0 Å². The molecule has 1 aliphatic rings. The van der Waals surface area contributed by atoms with E-state index in [9.17, 15) is 0 Å². The van der Waals surface area contributed by atoms with Gasteiger partial charge in [-0.3, -0.25) is 4.40 Å². The van der Waals surface area contributed by atoms with Crippen molar-refractivity contribution in [2.45, 2.75) is 31.2 Å². The first-order valence-electron chi connectivity index (χ1n) is 8.08. The van der Waals surface area contributed by atoms with Crippen molar-refractivity contribution in [2.75, 3.05) is 0 Å². The second-order valence-electron chi connectivity index (χ2n) is 6.34. The predicted molar refractivity (Wildman–Crippen MR) is 87.4 cm³/mol. The maximum Gasteiger partial charge on any atom is 0.179 e. The van der Waals surface area contributed by atoms with E-state index in [1.807, 2.05) is 30.7 Å². The van der Waals surface area contributed by atoms with E-state index >= 15 is 0 Å². The first kappa shape index (κ1) is 13.3. The van der Waals surface area contributed by atoms with Gasteiger partial charge in [0.05, 0.1) is 17.3 Å². The zero-order valence-corrected chi connectivity index (χ0v) is 12.9. The van der Waals surface area contributed by atoms with Crippen LogP contribution in [-0.2, 0) is 0 Å². The number of nitrogens with zero attached hydrogens (tertiary/aromatic N) is 6. The number of aromatic amines is 1. The molecular weight excluding hydrogens is 302 g/mol. The van der Waals surface area contributed by atoms with Gasteiger partial charge >= 0.3 is 0 Å². The maximum atomic E-state index is 9.00. The molecule has 4 heterocycles. The van der Waals surface area contributed by atoms with Crippen LogP contribution in [0.25, 0.3) is 16.8 Å². The average molecular weight is 317 g/mol. The van der Waals surface area contributed by atoms with Gasteiger partial charge in [0.15, 0.2) is 11.3 Å². The van der Waals surface area contributed by atoms with E-state index in [4.69, 9.17) is 5.26 Å². The fourth-order valence-electron chi connectivity index (χ4n) is 3.83. The first-order chi connectivity index (χ1) is 11.8. The van der Waals surface area contributed by atoms with Crippen molar-refractivity contribution in [1.29, 1.82) is 5.26 Å². The Bertz CT molecular complexity index is 1080. The minimum Gasteiger partial charge on any atom is -0.350 e. The molecule has 4 aromatic heterocycles. The van der Waals surface area contributed by atoms with Gasteiger partial charge in [-0.25, -0.2) is 4.98 Å². The Morgan fingerprint density at radius 3 is 3.08 bits per heavy atom. The normalized spacial score (nSPS) is 20.8. The molecule has 7 nitrogen and oxygen atoms in total. The highest BCUT2D eigenvalue weighted by atomic mass is 15.3. The lowest BCUT2D eigenvalue weighted by Gasteiger charge is -2.12. The van der Waals surface area contributed by atoms with Crippen LogP contribution in [0.3, 0.4) is 0 Å². The molecule has 4 aromatic rings. The van der Waals surface area contributed by atoms with Gasteiger partial charge in [0.1, 0.15) is 11.9 Å². The summed E-state index contributed by atoms with van der Waals surface area (Å²) in [6.07, 6.45) is 10.7. The summed E-state index contributed by atoms with van der Waals surface area (Å²) in [4.78, 5) is 7.51. The van der Waals surface area contributed by atoms with Gasteiger partial charge in [-0.1, -0.05) is 0 Å². The Hall–Kier alpha value is -3.14. The van der Waals surface area contributed by atoms with Crippen LogP contribution in [0.2, 0.25) is 0 Å². The number of hydrogen-bond acceptors (Lipinski definition) is 4. The Balaban J connectivity index is 1.52. The molecule has 0 radical (unpaired) electrons. The summed E-state index contributed by atoms with van der Waals surface area (Å²) in [5, 5.41) is 17.7. The number of nitriles is 1. The third-order valence-electron chi connectivity index (χ3n) is 5.00. The molecular formula is C17H15N7. The van der Waals surface area contributed by atoms with E-state index in [0.717, 1.165) is 41.9 Å². The number of fused-ring (bicyclic) bond motifs is 3. The monoisotopic (exact) mass is 317 g/mol. The molecule has 2 atom stereocenters. The molecule has 5 rings (SSSR count). The third kappa shape index (κ3) is 1.86. The summed E-state index contributed by atoms with van der Waals surface area (Å²) in [5.41, 5.74) is 3.37. The summed E-state index contributed by atoms with van der Waals surface area (Å²) in [5.74, 6) is 1.37. The molecule has 0 saturated heterocycles. The second-order valence-corrected chi connectivity index (χ2v) is 6.34. The molecule has 0 spiro atoms. The topological polar surface area (TPSA) is 87.6 Å². The first-order valence-corrected chi connectivity index (χ1v) is 8.08. The van der Waals surface area contributed by atoms with E-state index in [0.29, 0.717) is 17.5 Å².